The number of carbonyl (C=O) groups excluding carboxylic acids is 1. The lowest BCUT2D eigenvalue weighted by molar-refractivity contribution is -0.135. The number of carboxylic acids is 1. The van der Waals surface area contributed by atoms with Gasteiger partial charge in [-0.3, -0.25) is 4.79 Å². The zero-order valence-corrected chi connectivity index (χ0v) is 9.26. The summed E-state index contributed by atoms with van der Waals surface area (Å²) in [5.74, 6) is -3.61. The molecule has 0 atom stereocenters. The van der Waals surface area contributed by atoms with E-state index in [1.165, 1.54) is 23.1 Å². The molecule has 1 aliphatic heterocycles. The first-order chi connectivity index (χ1) is 8.49. The number of aliphatic carboxylic acids is 1. The number of amides is 1. The van der Waals surface area contributed by atoms with Crippen LogP contribution in [-0.4, -0.2) is 28.6 Å². The Morgan fingerprint density at radius 1 is 1.33 bits per heavy atom. The fourth-order valence-electron chi connectivity index (χ4n) is 1.86. The monoisotopic (exact) mass is 251 g/mol. The Kier molecular flexibility index (Phi) is 3.01. The first-order valence-corrected chi connectivity index (χ1v) is 5.23. The molecule has 1 aromatic rings. The van der Waals surface area contributed by atoms with E-state index in [9.17, 15) is 14.0 Å². The molecule has 0 aromatic heterocycles. The van der Waals surface area contributed by atoms with E-state index < -0.39 is 17.6 Å². The lowest BCUT2D eigenvalue weighted by atomic mass is 10.2. The van der Waals surface area contributed by atoms with Crippen LogP contribution in [0.1, 0.15) is 5.56 Å². The van der Waals surface area contributed by atoms with Gasteiger partial charge in [-0.2, -0.15) is 0 Å². The SMILES string of the molecule is O=C(O)/C(O)=C/C(=O)N1CCc2cc(F)ccc21. The number of carboxylic acid groups (broad SMARTS) is 1. The van der Waals surface area contributed by atoms with Crippen LogP contribution in [0.3, 0.4) is 0 Å². The van der Waals surface area contributed by atoms with Crippen molar-refractivity contribution in [3.8, 4) is 0 Å². The fourth-order valence-corrected chi connectivity index (χ4v) is 1.86. The van der Waals surface area contributed by atoms with Crippen LogP contribution in [0.15, 0.2) is 30.0 Å². The Labute approximate surface area is 102 Å². The summed E-state index contributed by atoms with van der Waals surface area (Å²) < 4.78 is 13.0. The van der Waals surface area contributed by atoms with Crippen LogP contribution in [-0.2, 0) is 16.0 Å². The van der Waals surface area contributed by atoms with E-state index in [-0.39, 0.29) is 5.82 Å². The number of hydrogen-bond donors (Lipinski definition) is 2. The number of fused-ring (bicyclic) bond motifs is 1. The summed E-state index contributed by atoms with van der Waals surface area (Å²) in [5.41, 5.74) is 1.22. The number of hydrogen-bond acceptors (Lipinski definition) is 3. The van der Waals surface area contributed by atoms with E-state index in [2.05, 4.69) is 0 Å². The second-order valence-electron chi connectivity index (χ2n) is 3.85. The van der Waals surface area contributed by atoms with E-state index >= 15 is 0 Å². The molecular formula is C12H10FNO4. The van der Waals surface area contributed by atoms with Crippen LogP contribution in [0.5, 0.6) is 0 Å². The van der Waals surface area contributed by atoms with Crippen LogP contribution in [0.4, 0.5) is 10.1 Å². The Hall–Kier alpha value is -2.37. The molecule has 0 spiro atoms. The Morgan fingerprint density at radius 3 is 2.72 bits per heavy atom. The van der Waals surface area contributed by atoms with Gasteiger partial charge in [0.2, 0.25) is 5.76 Å². The van der Waals surface area contributed by atoms with Gasteiger partial charge in [0.05, 0.1) is 6.08 Å². The smallest absolute Gasteiger partial charge is 0.371 e. The van der Waals surface area contributed by atoms with Crippen LogP contribution in [0.2, 0.25) is 0 Å². The van der Waals surface area contributed by atoms with Crippen molar-refractivity contribution in [3.63, 3.8) is 0 Å². The number of halogens is 1. The zero-order valence-electron chi connectivity index (χ0n) is 9.26. The predicted molar refractivity (Wildman–Crippen MR) is 60.8 cm³/mol. The standard InChI is InChI=1S/C12H10FNO4/c13-8-1-2-9-7(5-8)3-4-14(9)11(16)6-10(15)12(17)18/h1-2,5-6,15H,3-4H2,(H,17,18)/b10-6-. The van der Waals surface area contributed by atoms with E-state index in [1.54, 1.807) is 0 Å². The van der Waals surface area contributed by atoms with Gasteiger partial charge in [-0.1, -0.05) is 0 Å². The summed E-state index contributed by atoms with van der Waals surface area (Å²) in [6.07, 6.45) is 1.14. The molecule has 0 aliphatic carbocycles. The van der Waals surface area contributed by atoms with E-state index in [4.69, 9.17) is 10.2 Å². The maximum Gasteiger partial charge on any atom is 0.371 e. The second kappa shape index (κ2) is 4.48. The Morgan fingerprint density at radius 2 is 2.06 bits per heavy atom. The summed E-state index contributed by atoms with van der Waals surface area (Å²) in [5, 5.41) is 17.5. The highest BCUT2D eigenvalue weighted by atomic mass is 19.1. The number of aliphatic hydroxyl groups excluding tert-OH is 1. The van der Waals surface area contributed by atoms with Crippen molar-refractivity contribution in [2.75, 3.05) is 11.4 Å². The molecule has 18 heavy (non-hydrogen) atoms. The van der Waals surface area contributed by atoms with Crippen molar-refractivity contribution < 1.29 is 24.2 Å². The quantitative estimate of drug-likeness (QED) is 0.612. The van der Waals surface area contributed by atoms with E-state index in [0.29, 0.717) is 30.3 Å². The van der Waals surface area contributed by atoms with Gasteiger partial charge in [0.15, 0.2) is 0 Å². The van der Waals surface area contributed by atoms with Gasteiger partial charge >= 0.3 is 5.97 Å². The van der Waals surface area contributed by atoms with E-state index in [0.717, 1.165) is 0 Å². The fraction of sp³-hybridized carbons (Fsp3) is 0.167. The third-order valence-electron chi connectivity index (χ3n) is 2.68. The highest BCUT2D eigenvalue weighted by Crippen LogP contribution is 2.28. The van der Waals surface area contributed by atoms with Crippen molar-refractivity contribution in [3.05, 3.63) is 41.4 Å². The minimum Gasteiger partial charge on any atom is -0.502 e. The maximum atomic E-state index is 13.0. The molecule has 0 saturated carbocycles. The first kappa shape index (κ1) is 12.1. The molecule has 5 nitrogen and oxygen atoms in total. The van der Waals surface area contributed by atoms with Gasteiger partial charge in [0.25, 0.3) is 5.91 Å². The van der Waals surface area contributed by atoms with Crippen molar-refractivity contribution in [2.24, 2.45) is 0 Å². The highest BCUT2D eigenvalue weighted by molar-refractivity contribution is 6.06. The summed E-state index contributed by atoms with van der Waals surface area (Å²) in [6.45, 7) is 0.334. The van der Waals surface area contributed by atoms with Crippen LogP contribution in [0.25, 0.3) is 0 Å². The summed E-state index contributed by atoms with van der Waals surface area (Å²) in [4.78, 5) is 23.4. The average Bonchev–Trinajstić information content (AvgIpc) is 2.71. The van der Waals surface area contributed by atoms with Crippen molar-refractivity contribution in [1.29, 1.82) is 0 Å². The molecule has 0 saturated heterocycles. The van der Waals surface area contributed by atoms with Crippen molar-refractivity contribution >= 4 is 17.6 Å². The Bertz CT molecular complexity index is 553. The molecule has 1 heterocycles. The van der Waals surface area contributed by atoms with Gasteiger partial charge in [-0.25, -0.2) is 9.18 Å². The molecule has 1 aromatic carbocycles. The van der Waals surface area contributed by atoms with Gasteiger partial charge in [-0.15, -0.1) is 0 Å². The molecule has 6 heteroatoms. The number of anilines is 1. The Balaban J connectivity index is 2.26. The molecule has 0 fully saturated rings. The first-order valence-electron chi connectivity index (χ1n) is 5.23. The third-order valence-corrected chi connectivity index (χ3v) is 2.68. The minimum atomic E-state index is -1.57. The third kappa shape index (κ3) is 2.17. The van der Waals surface area contributed by atoms with Gasteiger partial charge < -0.3 is 15.1 Å². The van der Waals surface area contributed by atoms with Crippen molar-refractivity contribution in [2.45, 2.75) is 6.42 Å². The summed E-state index contributed by atoms with van der Waals surface area (Å²) in [7, 11) is 0. The lowest BCUT2D eigenvalue weighted by Gasteiger charge is -2.14. The van der Waals surface area contributed by atoms with Crippen molar-refractivity contribution in [1.82, 2.24) is 0 Å². The normalized spacial score (nSPS) is 14.5. The number of nitrogens with zero attached hydrogens (tertiary/aromatic N) is 1. The highest BCUT2D eigenvalue weighted by Gasteiger charge is 2.24. The number of aliphatic hydroxyl groups is 1. The molecular weight excluding hydrogens is 241 g/mol. The maximum absolute atomic E-state index is 13.0. The molecule has 2 rings (SSSR count). The molecule has 94 valence electrons. The minimum absolute atomic E-state index is 0.334. The predicted octanol–water partition coefficient (Wildman–Crippen LogP) is 1.24. The lowest BCUT2D eigenvalue weighted by Crippen LogP contribution is -2.27. The summed E-state index contributed by atoms with van der Waals surface area (Å²) >= 11 is 0. The average molecular weight is 251 g/mol. The number of benzene rings is 1. The van der Waals surface area contributed by atoms with Gasteiger partial charge in [-0.05, 0) is 30.2 Å². The van der Waals surface area contributed by atoms with Gasteiger partial charge in [0.1, 0.15) is 5.82 Å². The van der Waals surface area contributed by atoms with Crippen LogP contribution >= 0.6 is 0 Å². The number of carbonyl (C=O) groups is 2. The summed E-state index contributed by atoms with van der Waals surface area (Å²) in [6, 6.07) is 4.02. The molecule has 1 aliphatic rings. The number of rotatable bonds is 2. The topological polar surface area (TPSA) is 77.8 Å². The largest absolute Gasteiger partial charge is 0.502 e. The molecule has 1 amide bonds. The van der Waals surface area contributed by atoms with Crippen LogP contribution in [0, 0.1) is 5.82 Å². The second-order valence-corrected chi connectivity index (χ2v) is 3.85. The zero-order chi connectivity index (χ0) is 13.3. The molecule has 0 unspecified atom stereocenters. The molecule has 0 radical (unpaired) electrons. The molecule has 0 bridgehead atoms. The van der Waals surface area contributed by atoms with E-state index in [1.807, 2.05) is 0 Å². The van der Waals surface area contributed by atoms with Crippen LogP contribution < -0.4 is 4.90 Å². The van der Waals surface area contributed by atoms with Gasteiger partial charge in [0, 0.05) is 12.2 Å². The molecule has 2 N–H and O–H groups in total.